The van der Waals surface area contributed by atoms with E-state index < -0.39 is 10.0 Å². The van der Waals surface area contributed by atoms with Crippen molar-refractivity contribution in [3.05, 3.63) is 29.8 Å². The third-order valence-corrected chi connectivity index (χ3v) is 3.61. The highest BCUT2D eigenvalue weighted by Crippen LogP contribution is 2.16. The van der Waals surface area contributed by atoms with E-state index in [-0.39, 0.29) is 16.8 Å². The number of hydrogen-bond donors (Lipinski definition) is 2. The molecule has 106 valence electrons. The molecule has 1 rings (SSSR count). The molecule has 19 heavy (non-hydrogen) atoms. The molecule has 0 spiro atoms. The summed E-state index contributed by atoms with van der Waals surface area (Å²) in [5.41, 5.74) is 0.838. The summed E-state index contributed by atoms with van der Waals surface area (Å²) >= 11 is 0. The van der Waals surface area contributed by atoms with Crippen LogP contribution in [0, 0.1) is 5.92 Å². The summed E-state index contributed by atoms with van der Waals surface area (Å²) in [6.07, 6.45) is 0.472. The maximum atomic E-state index is 11.6. The van der Waals surface area contributed by atoms with Gasteiger partial charge in [0, 0.05) is 6.42 Å². The van der Waals surface area contributed by atoms with Crippen molar-refractivity contribution >= 4 is 15.9 Å². The Hall–Kier alpha value is -1.40. The van der Waals surface area contributed by atoms with Gasteiger partial charge in [-0.05, 0) is 30.5 Å². The molecule has 1 amide bonds. The first-order valence-electron chi connectivity index (χ1n) is 6.12. The van der Waals surface area contributed by atoms with E-state index in [0.29, 0.717) is 12.3 Å². The molecule has 5 nitrogen and oxygen atoms in total. The molecule has 0 fully saturated rings. The average molecular weight is 284 g/mol. The van der Waals surface area contributed by atoms with Gasteiger partial charge in [-0.3, -0.25) is 4.79 Å². The van der Waals surface area contributed by atoms with Crippen molar-refractivity contribution in [3.8, 4) is 0 Å². The van der Waals surface area contributed by atoms with Crippen LogP contribution >= 0.6 is 0 Å². The minimum atomic E-state index is -3.67. The zero-order valence-corrected chi connectivity index (χ0v) is 12.2. The number of carbonyl (C=O) groups excluding carboxylic acids is 1. The molecule has 1 unspecified atom stereocenters. The summed E-state index contributed by atoms with van der Waals surface area (Å²) in [4.78, 5) is 11.7. The van der Waals surface area contributed by atoms with Crippen molar-refractivity contribution in [2.24, 2.45) is 11.1 Å². The predicted octanol–water partition coefficient (Wildman–Crippen LogP) is 1.56. The molecule has 0 aromatic heterocycles. The van der Waals surface area contributed by atoms with E-state index >= 15 is 0 Å². The monoisotopic (exact) mass is 284 g/mol. The van der Waals surface area contributed by atoms with Crippen LogP contribution in [0.25, 0.3) is 0 Å². The van der Waals surface area contributed by atoms with Gasteiger partial charge in [-0.15, -0.1) is 0 Å². The fraction of sp³-hybridized carbons (Fsp3) is 0.462. The lowest BCUT2D eigenvalue weighted by Crippen LogP contribution is -2.27. The number of sulfonamides is 1. The van der Waals surface area contributed by atoms with Crippen LogP contribution in [0.5, 0.6) is 0 Å². The third kappa shape index (κ3) is 5.00. The Balaban J connectivity index is 2.73. The fourth-order valence-corrected chi connectivity index (χ4v) is 2.22. The first kappa shape index (κ1) is 15.7. The first-order valence-corrected chi connectivity index (χ1v) is 7.67. The van der Waals surface area contributed by atoms with Gasteiger partial charge >= 0.3 is 0 Å². The van der Waals surface area contributed by atoms with Crippen molar-refractivity contribution in [1.29, 1.82) is 0 Å². The molecular formula is C13H20N2O3S. The number of nitrogens with two attached hydrogens (primary N) is 1. The van der Waals surface area contributed by atoms with Crippen LogP contribution in [0.3, 0.4) is 0 Å². The third-order valence-electron chi connectivity index (χ3n) is 2.68. The zero-order valence-electron chi connectivity index (χ0n) is 11.4. The van der Waals surface area contributed by atoms with E-state index in [9.17, 15) is 13.2 Å². The van der Waals surface area contributed by atoms with Crippen molar-refractivity contribution in [2.45, 2.75) is 38.1 Å². The Morgan fingerprint density at radius 3 is 2.16 bits per heavy atom. The number of primary sulfonamides is 1. The van der Waals surface area contributed by atoms with Crippen LogP contribution in [0.2, 0.25) is 0 Å². The molecule has 1 atom stereocenters. The molecule has 0 aliphatic rings. The standard InChI is InChI=1S/C13H20N2O3S/c1-9(2)8-13(16)15-10(3)11-4-6-12(7-5-11)19(14,17)18/h4-7,9-10H,8H2,1-3H3,(H,15,16)(H2,14,17,18). The van der Waals surface area contributed by atoms with E-state index in [4.69, 9.17) is 5.14 Å². The van der Waals surface area contributed by atoms with Gasteiger partial charge in [0.1, 0.15) is 0 Å². The van der Waals surface area contributed by atoms with Crippen molar-refractivity contribution < 1.29 is 13.2 Å². The van der Waals surface area contributed by atoms with E-state index in [1.165, 1.54) is 12.1 Å². The molecule has 0 radical (unpaired) electrons. The maximum absolute atomic E-state index is 11.6. The van der Waals surface area contributed by atoms with E-state index in [1.54, 1.807) is 12.1 Å². The van der Waals surface area contributed by atoms with Gasteiger partial charge in [-0.25, -0.2) is 13.6 Å². The van der Waals surface area contributed by atoms with E-state index in [2.05, 4.69) is 5.32 Å². The topological polar surface area (TPSA) is 89.3 Å². The predicted molar refractivity (Wildman–Crippen MR) is 73.8 cm³/mol. The molecule has 0 bridgehead atoms. The Morgan fingerprint density at radius 1 is 1.21 bits per heavy atom. The number of benzene rings is 1. The Morgan fingerprint density at radius 2 is 1.74 bits per heavy atom. The Labute approximate surface area is 114 Å². The second-order valence-corrected chi connectivity index (χ2v) is 6.56. The van der Waals surface area contributed by atoms with E-state index in [1.807, 2.05) is 20.8 Å². The van der Waals surface area contributed by atoms with Crippen LogP contribution in [0.15, 0.2) is 29.2 Å². The molecule has 6 heteroatoms. The smallest absolute Gasteiger partial charge is 0.238 e. The number of carbonyl (C=O) groups is 1. The van der Waals surface area contributed by atoms with Gasteiger partial charge in [0.15, 0.2) is 0 Å². The van der Waals surface area contributed by atoms with E-state index in [0.717, 1.165) is 5.56 Å². The molecule has 1 aromatic carbocycles. The largest absolute Gasteiger partial charge is 0.350 e. The second-order valence-electron chi connectivity index (χ2n) is 5.00. The molecular weight excluding hydrogens is 264 g/mol. The summed E-state index contributed by atoms with van der Waals surface area (Å²) in [7, 11) is -3.67. The second kappa shape index (κ2) is 6.16. The Kier molecular flexibility index (Phi) is 5.08. The molecule has 0 aliphatic heterocycles. The number of rotatable bonds is 5. The Bertz CT molecular complexity index is 536. The van der Waals surface area contributed by atoms with Gasteiger partial charge in [0.25, 0.3) is 0 Å². The van der Waals surface area contributed by atoms with Gasteiger partial charge in [-0.1, -0.05) is 26.0 Å². The van der Waals surface area contributed by atoms with Gasteiger partial charge in [0.2, 0.25) is 15.9 Å². The van der Waals surface area contributed by atoms with Crippen molar-refractivity contribution in [1.82, 2.24) is 5.32 Å². The summed E-state index contributed by atoms with van der Waals surface area (Å²) < 4.78 is 22.2. The molecule has 0 saturated carbocycles. The average Bonchev–Trinajstić information content (AvgIpc) is 2.26. The minimum absolute atomic E-state index is 0.0157. The van der Waals surface area contributed by atoms with Crippen LogP contribution < -0.4 is 10.5 Å². The van der Waals surface area contributed by atoms with Gasteiger partial charge < -0.3 is 5.32 Å². The van der Waals surface area contributed by atoms with Crippen LogP contribution in [0.4, 0.5) is 0 Å². The summed E-state index contributed by atoms with van der Waals surface area (Å²) in [6, 6.07) is 6.02. The fourth-order valence-electron chi connectivity index (χ4n) is 1.70. The van der Waals surface area contributed by atoms with Crippen LogP contribution in [-0.4, -0.2) is 14.3 Å². The number of nitrogens with one attached hydrogen (secondary N) is 1. The molecule has 0 saturated heterocycles. The lowest BCUT2D eigenvalue weighted by atomic mass is 10.1. The summed E-state index contributed by atoms with van der Waals surface area (Å²) in [5.74, 6) is 0.287. The highest BCUT2D eigenvalue weighted by Gasteiger charge is 2.12. The summed E-state index contributed by atoms with van der Waals surface area (Å²) in [5, 5.41) is 7.89. The van der Waals surface area contributed by atoms with Gasteiger partial charge in [0.05, 0.1) is 10.9 Å². The molecule has 1 aromatic rings. The lowest BCUT2D eigenvalue weighted by Gasteiger charge is -2.15. The number of amides is 1. The zero-order chi connectivity index (χ0) is 14.6. The number of hydrogen-bond acceptors (Lipinski definition) is 3. The van der Waals surface area contributed by atoms with Crippen molar-refractivity contribution in [3.63, 3.8) is 0 Å². The summed E-state index contributed by atoms with van der Waals surface area (Å²) in [6.45, 7) is 5.81. The maximum Gasteiger partial charge on any atom is 0.238 e. The minimum Gasteiger partial charge on any atom is -0.350 e. The lowest BCUT2D eigenvalue weighted by molar-refractivity contribution is -0.122. The molecule has 3 N–H and O–H groups in total. The molecule has 0 aliphatic carbocycles. The quantitative estimate of drug-likeness (QED) is 0.859. The van der Waals surface area contributed by atoms with Gasteiger partial charge in [-0.2, -0.15) is 0 Å². The van der Waals surface area contributed by atoms with Crippen LogP contribution in [-0.2, 0) is 14.8 Å². The molecule has 0 heterocycles. The first-order chi connectivity index (χ1) is 8.70. The normalized spacial score (nSPS) is 13.3. The van der Waals surface area contributed by atoms with Crippen LogP contribution in [0.1, 0.15) is 38.8 Å². The SMILES string of the molecule is CC(C)CC(=O)NC(C)c1ccc(S(N)(=O)=O)cc1. The highest BCUT2D eigenvalue weighted by atomic mass is 32.2. The highest BCUT2D eigenvalue weighted by molar-refractivity contribution is 7.89. The van der Waals surface area contributed by atoms with Crippen molar-refractivity contribution in [2.75, 3.05) is 0 Å².